The van der Waals surface area contributed by atoms with Gasteiger partial charge in [0, 0.05) is 11.4 Å². The summed E-state index contributed by atoms with van der Waals surface area (Å²) in [6.45, 7) is 10.4. The normalized spacial score (nSPS) is 11.6. The molecule has 0 saturated heterocycles. The van der Waals surface area contributed by atoms with E-state index in [0.717, 1.165) is 25.3 Å². The van der Waals surface area contributed by atoms with Crippen molar-refractivity contribution in [3.8, 4) is 6.07 Å². The highest BCUT2D eigenvalue weighted by atomic mass is 32.2. The van der Waals surface area contributed by atoms with Crippen molar-refractivity contribution in [1.82, 2.24) is 5.32 Å². The van der Waals surface area contributed by atoms with Gasteiger partial charge in [-0.15, -0.1) is 11.8 Å². The number of hydrogen-bond acceptors (Lipinski definition) is 3. The lowest BCUT2D eigenvalue weighted by molar-refractivity contribution is 0.482. The van der Waals surface area contributed by atoms with Gasteiger partial charge in [-0.25, -0.2) is 0 Å². The Labute approximate surface area is 128 Å². The topological polar surface area (TPSA) is 35.8 Å². The third-order valence-corrected chi connectivity index (χ3v) is 4.07. The first-order chi connectivity index (χ1) is 9.43. The molecule has 0 aliphatic heterocycles. The lowest BCUT2D eigenvalue weighted by Crippen LogP contribution is -2.18. The fourth-order valence-corrected chi connectivity index (χ4v) is 2.99. The van der Waals surface area contributed by atoms with E-state index in [9.17, 15) is 0 Å². The molecular formula is C17H26N2S. The van der Waals surface area contributed by atoms with Crippen LogP contribution >= 0.6 is 11.8 Å². The summed E-state index contributed by atoms with van der Waals surface area (Å²) >= 11 is 1.84. The number of benzene rings is 1. The first-order valence-corrected chi connectivity index (χ1v) is 8.25. The van der Waals surface area contributed by atoms with Crippen molar-refractivity contribution < 1.29 is 0 Å². The van der Waals surface area contributed by atoms with Crippen molar-refractivity contribution in [2.45, 2.75) is 45.6 Å². The van der Waals surface area contributed by atoms with Crippen LogP contribution in [0, 0.1) is 22.7 Å². The smallest absolute Gasteiger partial charge is 0.0684 e. The largest absolute Gasteiger partial charge is 0.312 e. The Hall–Kier alpha value is -0.980. The molecule has 0 atom stereocenters. The number of nitrogens with zero attached hydrogens (tertiary/aromatic N) is 1. The molecule has 0 bridgehead atoms. The average molecular weight is 290 g/mol. The molecule has 110 valence electrons. The van der Waals surface area contributed by atoms with E-state index in [-0.39, 0.29) is 5.41 Å². The molecule has 20 heavy (non-hydrogen) atoms. The molecule has 0 unspecified atom stereocenters. The van der Waals surface area contributed by atoms with Crippen LogP contribution in [0.4, 0.5) is 0 Å². The minimum Gasteiger partial charge on any atom is -0.312 e. The van der Waals surface area contributed by atoms with Crippen LogP contribution in [0.5, 0.6) is 0 Å². The minimum atomic E-state index is -0.219. The first kappa shape index (κ1) is 17.1. The Morgan fingerprint density at radius 3 is 2.75 bits per heavy atom. The highest BCUT2D eigenvalue weighted by Crippen LogP contribution is 2.26. The van der Waals surface area contributed by atoms with Gasteiger partial charge in [-0.1, -0.05) is 26.0 Å². The molecule has 3 heteroatoms. The molecule has 0 spiro atoms. The van der Waals surface area contributed by atoms with Crippen molar-refractivity contribution in [1.29, 1.82) is 5.26 Å². The molecule has 0 aliphatic rings. The summed E-state index contributed by atoms with van der Waals surface area (Å²) in [5, 5.41) is 12.5. The Morgan fingerprint density at radius 2 is 2.10 bits per heavy atom. The number of nitriles is 1. The lowest BCUT2D eigenvalue weighted by Gasteiger charge is -2.14. The third kappa shape index (κ3) is 6.98. The van der Waals surface area contributed by atoms with Gasteiger partial charge in [0.25, 0.3) is 0 Å². The van der Waals surface area contributed by atoms with Crippen LogP contribution in [0.15, 0.2) is 29.2 Å². The molecule has 1 rings (SSSR count). The second-order valence-electron chi connectivity index (χ2n) is 6.27. The van der Waals surface area contributed by atoms with E-state index in [4.69, 9.17) is 5.26 Å². The maximum atomic E-state index is 9.01. The van der Waals surface area contributed by atoms with Gasteiger partial charge in [0.15, 0.2) is 0 Å². The zero-order chi connectivity index (χ0) is 15.0. The highest BCUT2D eigenvalue weighted by molar-refractivity contribution is 7.99. The lowest BCUT2D eigenvalue weighted by atomic mass is 9.93. The summed E-state index contributed by atoms with van der Waals surface area (Å²) in [6, 6.07) is 11.0. The zero-order valence-electron chi connectivity index (χ0n) is 13.1. The van der Waals surface area contributed by atoms with Crippen molar-refractivity contribution >= 4 is 11.8 Å². The van der Waals surface area contributed by atoms with E-state index in [1.54, 1.807) is 0 Å². The fraction of sp³-hybridized carbons (Fsp3) is 0.588. The molecule has 1 N–H and O–H groups in total. The SMILES string of the molecule is CC(C)CNCc1cccc(SCCC(C)(C)C#N)c1. The van der Waals surface area contributed by atoms with Crippen LogP contribution in [0.25, 0.3) is 0 Å². The van der Waals surface area contributed by atoms with Crippen LogP contribution < -0.4 is 5.32 Å². The van der Waals surface area contributed by atoms with Gasteiger partial charge < -0.3 is 5.32 Å². The van der Waals surface area contributed by atoms with Gasteiger partial charge in [-0.3, -0.25) is 0 Å². The molecule has 1 aromatic rings. The first-order valence-electron chi connectivity index (χ1n) is 7.26. The number of nitrogens with one attached hydrogen (secondary N) is 1. The van der Waals surface area contributed by atoms with Crippen molar-refractivity contribution in [3.05, 3.63) is 29.8 Å². The molecule has 0 aromatic heterocycles. The monoisotopic (exact) mass is 290 g/mol. The summed E-state index contributed by atoms with van der Waals surface area (Å²) in [5.74, 6) is 1.67. The maximum Gasteiger partial charge on any atom is 0.0684 e. The van der Waals surface area contributed by atoms with Gasteiger partial charge >= 0.3 is 0 Å². The van der Waals surface area contributed by atoms with Crippen LogP contribution in [0.3, 0.4) is 0 Å². The molecular weight excluding hydrogens is 264 g/mol. The van der Waals surface area contributed by atoms with Gasteiger partial charge in [-0.05, 0) is 56.2 Å². The molecule has 0 saturated carbocycles. The average Bonchev–Trinajstić information content (AvgIpc) is 2.39. The molecule has 0 amide bonds. The Balaban J connectivity index is 2.42. The van der Waals surface area contributed by atoms with E-state index in [1.165, 1.54) is 10.5 Å². The van der Waals surface area contributed by atoms with E-state index in [1.807, 2.05) is 25.6 Å². The van der Waals surface area contributed by atoms with Gasteiger partial charge in [-0.2, -0.15) is 5.26 Å². The van der Waals surface area contributed by atoms with E-state index in [0.29, 0.717) is 5.92 Å². The predicted octanol–water partition coefficient (Wildman–Crippen LogP) is 4.46. The molecule has 2 nitrogen and oxygen atoms in total. The summed E-state index contributed by atoms with van der Waals surface area (Å²) in [4.78, 5) is 1.29. The number of thioether (sulfide) groups is 1. The summed E-state index contributed by atoms with van der Waals surface area (Å²) in [7, 11) is 0. The second-order valence-corrected chi connectivity index (χ2v) is 7.43. The van der Waals surface area contributed by atoms with Crippen molar-refractivity contribution in [2.75, 3.05) is 12.3 Å². The molecule has 0 radical (unpaired) electrons. The zero-order valence-corrected chi connectivity index (χ0v) is 13.9. The highest BCUT2D eigenvalue weighted by Gasteiger charge is 2.15. The maximum absolute atomic E-state index is 9.01. The number of hydrogen-bond donors (Lipinski definition) is 1. The summed E-state index contributed by atoms with van der Waals surface area (Å²) < 4.78 is 0. The standard InChI is InChI=1S/C17H26N2S/c1-14(2)11-19-12-15-6-5-7-16(10-15)20-9-8-17(3,4)13-18/h5-7,10,14,19H,8-9,11-12H2,1-4H3. The van der Waals surface area contributed by atoms with Crippen LogP contribution in [-0.4, -0.2) is 12.3 Å². The van der Waals surface area contributed by atoms with Crippen molar-refractivity contribution in [2.24, 2.45) is 11.3 Å². The second kappa shape index (κ2) is 8.34. The predicted molar refractivity (Wildman–Crippen MR) is 87.7 cm³/mol. The van der Waals surface area contributed by atoms with Gasteiger partial charge in [0.05, 0.1) is 11.5 Å². The van der Waals surface area contributed by atoms with Gasteiger partial charge in [0.1, 0.15) is 0 Å². The molecule has 0 aliphatic carbocycles. The van der Waals surface area contributed by atoms with E-state index in [2.05, 4.69) is 49.5 Å². The Morgan fingerprint density at radius 1 is 1.35 bits per heavy atom. The fourth-order valence-electron chi connectivity index (χ4n) is 1.73. The summed E-state index contributed by atoms with van der Waals surface area (Å²) in [6.07, 6.45) is 0.921. The summed E-state index contributed by atoms with van der Waals surface area (Å²) in [5.41, 5.74) is 1.11. The third-order valence-electron chi connectivity index (χ3n) is 3.08. The quantitative estimate of drug-likeness (QED) is 0.718. The van der Waals surface area contributed by atoms with E-state index >= 15 is 0 Å². The van der Waals surface area contributed by atoms with Gasteiger partial charge in [0.2, 0.25) is 0 Å². The van der Waals surface area contributed by atoms with Crippen LogP contribution in [0.2, 0.25) is 0 Å². The molecule has 0 fully saturated rings. The molecule has 1 aromatic carbocycles. The molecule has 0 heterocycles. The van der Waals surface area contributed by atoms with E-state index < -0.39 is 0 Å². The Bertz CT molecular complexity index is 447. The van der Waals surface area contributed by atoms with Crippen LogP contribution in [-0.2, 0) is 6.54 Å². The van der Waals surface area contributed by atoms with Crippen molar-refractivity contribution in [3.63, 3.8) is 0 Å². The minimum absolute atomic E-state index is 0.219. The van der Waals surface area contributed by atoms with Crippen LogP contribution in [0.1, 0.15) is 39.7 Å². The Kier molecular flexibility index (Phi) is 7.12. The number of rotatable bonds is 8.